The molecule has 49 heavy (non-hydrogen) atoms. The van der Waals surface area contributed by atoms with E-state index < -0.39 is 0 Å². The molecule has 2 heterocycles. The highest BCUT2D eigenvalue weighted by Crippen LogP contribution is 2.53. The Morgan fingerprint density at radius 1 is 0.490 bits per heavy atom. The maximum Gasteiger partial charge on any atom is 0.0998 e. The molecule has 0 N–H and O–H groups in total. The normalized spacial score (nSPS) is 13.2. The number of nitriles is 1. The number of rotatable bonds is 3. The molecule has 0 saturated heterocycles. The van der Waals surface area contributed by atoms with Crippen molar-refractivity contribution in [3.8, 4) is 39.7 Å². The van der Waals surface area contributed by atoms with Crippen LogP contribution in [0.5, 0.6) is 0 Å². The Hall–Kier alpha value is -6.37. The summed E-state index contributed by atoms with van der Waals surface area (Å²) in [6.07, 6.45) is 0. The molecular weight excluding hydrogens is 595 g/mol. The molecule has 3 heteroatoms. The summed E-state index contributed by atoms with van der Waals surface area (Å²) in [6.45, 7) is 4.69. The molecule has 7 aromatic carbocycles. The minimum atomic E-state index is -0.131. The summed E-state index contributed by atoms with van der Waals surface area (Å²) in [6, 6.07) is 56.6. The van der Waals surface area contributed by atoms with Crippen LogP contribution >= 0.6 is 0 Å². The highest BCUT2D eigenvalue weighted by Gasteiger charge is 2.38. The van der Waals surface area contributed by atoms with Gasteiger partial charge in [-0.15, -0.1) is 0 Å². The van der Waals surface area contributed by atoms with Gasteiger partial charge in [-0.25, -0.2) is 0 Å². The monoisotopic (exact) mass is 625 g/mol. The zero-order chi connectivity index (χ0) is 32.9. The van der Waals surface area contributed by atoms with E-state index in [1.54, 1.807) is 0 Å². The quantitative estimate of drug-likeness (QED) is 0.192. The van der Waals surface area contributed by atoms with Crippen LogP contribution in [0, 0.1) is 11.3 Å². The Morgan fingerprint density at radius 2 is 1.04 bits per heavy atom. The fourth-order valence-corrected chi connectivity index (χ4v) is 8.62. The summed E-state index contributed by atoms with van der Waals surface area (Å²) in [5.41, 5.74) is 14.6. The van der Waals surface area contributed by atoms with E-state index in [1.165, 1.54) is 54.8 Å². The van der Waals surface area contributed by atoms with Crippen LogP contribution in [0.2, 0.25) is 0 Å². The first-order chi connectivity index (χ1) is 24.0. The van der Waals surface area contributed by atoms with Gasteiger partial charge in [-0.1, -0.05) is 117 Å². The lowest BCUT2D eigenvalue weighted by atomic mass is 9.80. The lowest BCUT2D eigenvalue weighted by molar-refractivity contribution is 0.666. The van der Waals surface area contributed by atoms with E-state index in [0.717, 1.165) is 33.5 Å². The van der Waals surface area contributed by atoms with Crippen LogP contribution in [0.25, 0.3) is 77.2 Å². The first kappa shape index (κ1) is 27.7. The van der Waals surface area contributed by atoms with E-state index in [2.05, 4.69) is 181 Å². The van der Waals surface area contributed by atoms with Crippen molar-refractivity contribution in [2.24, 2.45) is 0 Å². The van der Waals surface area contributed by atoms with Gasteiger partial charge in [-0.05, 0) is 81.9 Å². The van der Waals surface area contributed by atoms with Crippen molar-refractivity contribution < 1.29 is 0 Å². The van der Waals surface area contributed by atoms with Crippen molar-refractivity contribution in [1.29, 1.82) is 5.26 Å². The fraction of sp³-hybridized carbons (Fsp3) is 0.0652. The summed E-state index contributed by atoms with van der Waals surface area (Å²) >= 11 is 0. The number of benzene rings is 7. The second-order valence-corrected chi connectivity index (χ2v) is 13.7. The van der Waals surface area contributed by atoms with Crippen LogP contribution in [0.1, 0.15) is 30.5 Å². The molecule has 10 rings (SSSR count). The zero-order valence-corrected chi connectivity index (χ0v) is 27.3. The number of hydrogen-bond donors (Lipinski definition) is 0. The van der Waals surface area contributed by atoms with Crippen molar-refractivity contribution in [2.45, 2.75) is 19.3 Å². The molecule has 0 saturated carbocycles. The highest BCUT2D eigenvalue weighted by molar-refractivity contribution is 6.14. The van der Waals surface area contributed by atoms with E-state index in [0.29, 0.717) is 5.56 Å². The van der Waals surface area contributed by atoms with Crippen LogP contribution in [-0.2, 0) is 5.41 Å². The molecule has 1 aliphatic carbocycles. The Labute approximate surface area is 284 Å². The molecule has 0 amide bonds. The van der Waals surface area contributed by atoms with Crippen molar-refractivity contribution in [3.05, 3.63) is 168 Å². The molecule has 0 atom stereocenters. The standard InChI is InChI=1S/C46H31N3/c1-46(2)39-15-7-3-11-34(39)37-25-26-43-44(45(37)46)38-14-6-10-18-42(38)49(43)32-23-24-33(30(27-32)28-47)29-19-21-31(22-20-29)48-40-16-8-4-12-35(40)36-13-5-9-17-41(36)48/h3-27H,1-2H3. The molecule has 0 bridgehead atoms. The van der Waals surface area contributed by atoms with E-state index in [9.17, 15) is 5.26 Å². The maximum atomic E-state index is 10.5. The number of para-hydroxylation sites is 3. The van der Waals surface area contributed by atoms with Gasteiger partial charge in [0, 0.05) is 38.3 Å². The second-order valence-electron chi connectivity index (χ2n) is 13.7. The van der Waals surface area contributed by atoms with Crippen LogP contribution in [0.3, 0.4) is 0 Å². The van der Waals surface area contributed by atoms with Gasteiger partial charge in [0.2, 0.25) is 0 Å². The molecule has 0 aliphatic heterocycles. The van der Waals surface area contributed by atoms with Gasteiger partial charge in [0.15, 0.2) is 0 Å². The third-order valence-corrected chi connectivity index (χ3v) is 10.8. The van der Waals surface area contributed by atoms with Gasteiger partial charge in [-0.3, -0.25) is 0 Å². The van der Waals surface area contributed by atoms with Crippen LogP contribution < -0.4 is 0 Å². The topological polar surface area (TPSA) is 33.6 Å². The minimum Gasteiger partial charge on any atom is -0.309 e. The van der Waals surface area contributed by atoms with Crippen LogP contribution in [0.4, 0.5) is 0 Å². The van der Waals surface area contributed by atoms with Gasteiger partial charge < -0.3 is 9.13 Å². The lowest BCUT2D eigenvalue weighted by Crippen LogP contribution is -2.15. The molecule has 0 unspecified atom stereocenters. The molecule has 0 spiro atoms. The molecule has 1 aliphatic rings. The van der Waals surface area contributed by atoms with Crippen molar-refractivity contribution in [3.63, 3.8) is 0 Å². The molecular formula is C46H31N3. The van der Waals surface area contributed by atoms with Gasteiger partial charge >= 0.3 is 0 Å². The van der Waals surface area contributed by atoms with E-state index in [4.69, 9.17) is 0 Å². The Kier molecular flexibility index (Phi) is 5.69. The van der Waals surface area contributed by atoms with Gasteiger partial charge in [0.05, 0.1) is 33.7 Å². The Bertz CT molecular complexity index is 2800. The predicted octanol–water partition coefficient (Wildman–Crippen LogP) is 11.7. The average Bonchev–Trinajstić information content (AvgIpc) is 3.75. The number of aromatic nitrogens is 2. The first-order valence-electron chi connectivity index (χ1n) is 16.8. The number of fused-ring (bicyclic) bond motifs is 10. The highest BCUT2D eigenvalue weighted by atomic mass is 15.0. The number of hydrogen-bond acceptors (Lipinski definition) is 1. The molecule has 0 radical (unpaired) electrons. The van der Waals surface area contributed by atoms with Crippen LogP contribution in [0.15, 0.2) is 152 Å². The minimum absolute atomic E-state index is 0.131. The zero-order valence-electron chi connectivity index (χ0n) is 27.3. The fourth-order valence-electron chi connectivity index (χ4n) is 8.62. The van der Waals surface area contributed by atoms with Crippen LogP contribution in [-0.4, -0.2) is 9.13 Å². The van der Waals surface area contributed by atoms with Gasteiger partial charge in [0.25, 0.3) is 0 Å². The molecule has 9 aromatic rings. The smallest absolute Gasteiger partial charge is 0.0998 e. The summed E-state index contributed by atoms with van der Waals surface area (Å²) in [4.78, 5) is 0. The summed E-state index contributed by atoms with van der Waals surface area (Å²) in [7, 11) is 0. The lowest BCUT2D eigenvalue weighted by Gasteiger charge is -2.22. The third-order valence-electron chi connectivity index (χ3n) is 10.8. The largest absolute Gasteiger partial charge is 0.309 e. The summed E-state index contributed by atoms with van der Waals surface area (Å²) in [5.74, 6) is 0. The third kappa shape index (κ3) is 3.77. The second kappa shape index (κ2) is 10.1. The summed E-state index contributed by atoms with van der Waals surface area (Å²) in [5, 5.41) is 15.5. The Morgan fingerprint density at radius 3 is 1.73 bits per heavy atom. The molecule has 3 nitrogen and oxygen atoms in total. The predicted molar refractivity (Wildman–Crippen MR) is 203 cm³/mol. The molecule has 0 fully saturated rings. The average molecular weight is 626 g/mol. The van der Waals surface area contributed by atoms with Crippen molar-refractivity contribution in [2.75, 3.05) is 0 Å². The van der Waals surface area contributed by atoms with E-state index in [1.807, 2.05) is 0 Å². The van der Waals surface area contributed by atoms with Crippen molar-refractivity contribution in [1.82, 2.24) is 9.13 Å². The Balaban J connectivity index is 1.11. The SMILES string of the molecule is CC1(C)c2ccccc2-c2ccc3c(c21)c1ccccc1n3-c1ccc(-c2ccc(-n3c4ccccc4c4ccccc43)cc2)c(C#N)c1. The van der Waals surface area contributed by atoms with Gasteiger partial charge in [-0.2, -0.15) is 5.26 Å². The number of nitrogens with zero attached hydrogens (tertiary/aromatic N) is 3. The van der Waals surface area contributed by atoms with Gasteiger partial charge in [0.1, 0.15) is 0 Å². The first-order valence-corrected chi connectivity index (χ1v) is 16.8. The maximum absolute atomic E-state index is 10.5. The van der Waals surface area contributed by atoms with E-state index in [-0.39, 0.29) is 5.41 Å². The van der Waals surface area contributed by atoms with Crippen molar-refractivity contribution >= 4 is 43.6 Å². The van der Waals surface area contributed by atoms with E-state index >= 15 is 0 Å². The molecule has 2 aromatic heterocycles. The summed E-state index contributed by atoms with van der Waals surface area (Å²) < 4.78 is 4.65. The molecule has 230 valence electrons.